The first-order valence-electron chi connectivity index (χ1n) is 9.70. The van der Waals surface area contributed by atoms with E-state index in [-0.39, 0.29) is 5.91 Å². The number of aromatic nitrogens is 2. The molecule has 0 radical (unpaired) electrons. The predicted octanol–water partition coefficient (Wildman–Crippen LogP) is 4.42. The number of hydrogen-bond acceptors (Lipinski definition) is 3. The summed E-state index contributed by atoms with van der Waals surface area (Å²) in [5.41, 5.74) is 0.0229. The topological polar surface area (TPSA) is 69.2 Å². The third-order valence-corrected chi connectivity index (χ3v) is 5.38. The molecule has 2 aromatic rings. The number of hydrogen-bond donors (Lipinski definition) is 2. The zero-order chi connectivity index (χ0) is 21.4. The van der Waals surface area contributed by atoms with Gasteiger partial charge in [0.25, 0.3) is 5.91 Å². The summed E-state index contributed by atoms with van der Waals surface area (Å²) in [6.45, 7) is 6.42. The molecule has 0 aliphatic carbocycles. The van der Waals surface area contributed by atoms with Gasteiger partial charge in [0.15, 0.2) is 0 Å². The molecule has 158 valence electrons. The number of halogens is 3. The van der Waals surface area contributed by atoms with E-state index < -0.39 is 17.3 Å². The minimum Gasteiger partial charge on any atom is -0.390 e. The highest BCUT2D eigenvalue weighted by Crippen LogP contribution is 2.33. The van der Waals surface area contributed by atoms with Crippen LogP contribution in [-0.4, -0.2) is 44.8 Å². The van der Waals surface area contributed by atoms with E-state index >= 15 is 0 Å². The third-order valence-electron chi connectivity index (χ3n) is 5.38. The molecular formula is C21H26F3N3O2. The van der Waals surface area contributed by atoms with E-state index in [4.69, 9.17) is 0 Å². The number of aromatic amines is 1. The third kappa shape index (κ3) is 4.98. The van der Waals surface area contributed by atoms with Crippen LogP contribution in [0, 0.1) is 12.8 Å². The van der Waals surface area contributed by atoms with Gasteiger partial charge in [0, 0.05) is 24.2 Å². The number of nitrogens with one attached hydrogen (secondary N) is 1. The molecule has 1 aliphatic heterocycles. The standard InChI is InChI=1S/C21H26F3N3O2/c1-13-17(15-5-4-6-16(11-15)21(22,23)24)25-26-18(13)19(28)27-9-7-14(8-10-27)12-20(2,3)29/h4-6,11,14,29H,7-10,12H2,1-3H3,(H,25,26). The summed E-state index contributed by atoms with van der Waals surface area (Å²) in [6.07, 6.45) is -2.13. The first-order valence-corrected chi connectivity index (χ1v) is 9.70. The Morgan fingerprint density at radius 2 is 1.93 bits per heavy atom. The Morgan fingerprint density at radius 3 is 2.52 bits per heavy atom. The van der Waals surface area contributed by atoms with Gasteiger partial charge in [-0.25, -0.2) is 0 Å². The summed E-state index contributed by atoms with van der Waals surface area (Å²) >= 11 is 0. The first kappa shape index (κ1) is 21.4. The SMILES string of the molecule is Cc1c(-c2cccc(C(F)(F)F)c2)n[nH]c1C(=O)N1CCC(CC(C)(C)O)CC1. The van der Waals surface area contributed by atoms with Crippen LogP contribution in [0.25, 0.3) is 11.3 Å². The van der Waals surface area contributed by atoms with Gasteiger partial charge >= 0.3 is 6.18 Å². The number of piperidine rings is 1. The average Bonchev–Trinajstić information content (AvgIpc) is 3.01. The van der Waals surface area contributed by atoms with Gasteiger partial charge in [-0.05, 0) is 58.1 Å². The molecule has 0 saturated carbocycles. The molecule has 1 saturated heterocycles. The highest BCUT2D eigenvalue weighted by Gasteiger charge is 2.32. The Balaban J connectivity index is 1.74. The van der Waals surface area contributed by atoms with Crippen molar-refractivity contribution in [2.75, 3.05) is 13.1 Å². The maximum absolute atomic E-state index is 13.0. The van der Waals surface area contributed by atoms with Crippen molar-refractivity contribution in [3.8, 4) is 11.3 Å². The smallest absolute Gasteiger partial charge is 0.390 e. The number of benzene rings is 1. The summed E-state index contributed by atoms with van der Waals surface area (Å²) < 4.78 is 39.0. The van der Waals surface area contributed by atoms with Crippen LogP contribution >= 0.6 is 0 Å². The number of alkyl halides is 3. The van der Waals surface area contributed by atoms with Gasteiger partial charge in [-0.1, -0.05) is 12.1 Å². The number of nitrogens with zero attached hydrogens (tertiary/aromatic N) is 2. The van der Waals surface area contributed by atoms with Crippen molar-refractivity contribution in [3.63, 3.8) is 0 Å². The maximum Gasteiger partial charge on any atom is 0.416 e. The zero-order valence-corrected chi connectivity index (χ0v) is 16.8. The zero-order valence-electron chi connectivity index (χ0n) is 16.8. The molecule has 2 heterocycles. The molecule has 0 atom stereocenters. The Labute approximate surface area is 167 Å². The molecule has 1 fully saturated rings. The summed E-state index contributed by atoms with van der Waals surface area (Å²) in [7, 11) is 0. The molecule has 2 N–H and O–H groups in total. The lowest BCUT2D eigenvalue weighted by Crippen LogP contribution is -2.40. The Morgan fingerprint density at radius 1 is 1.28 bits per heavy atom. The molecule has 1 aromatic heterocycles. The number of rotatable bonds is 4. The summed E-state index contributed by atoms with van der Waals surface area (Å²) in [5.74, 6) is 0.164. The minimum absolute atomic E-state index is 0.199. The number of likely N-dealkylation sites (tertiary alicyclic amines) is 1. The molecule has 5 nitrogen and oxygen atoms in total. The average molecular weight is 409 g/mol. The largest absolute Gasteiger partial charge is 0.416 e. The van der Waals surface area contributed by atoms with Crippen LogP contribution in [0.3, 0.4) is 0 Å². The summed E-state index contributed by atoms with van der Waals surface area (Å²) in [5, 5.41) is 16.8. The van der Waals surface area contributed by atoms with Crippen molar-refractivity contribution in [3.05, 3.63) is 41.1 Å². The normalized spacial score (nSPS) is 16.3. The van der Waals surface area contributed by atoms with Crippen LogP contribution in [-0.2, 0) is 6.18 Å². The molecule has 3 rings (SSSR count). The second-order valence-corrected chi connectivity index (χ2v) is 8.40. The van der Waals surface area contributed by atoms with Crippen LogP contribution in [0.4, 0.5) is 13.2 Å². The lowest BCUT2D eigenvalue weighted by Gasteiger charge is -2.34. The lowest BCUT2D eigenvalue weighted by atomic mass is 9.86. The Bertz CT molecular complexity index is 876. The van der Waals surface area contributed by atoms with E-state index in [0.29, 0.717) is 47.9 Å². The number of H-pyrrole nitrogens is 1. The predicted molar refractivity (Wildman–Crippen MR) is 103 cm³/mol. The highest BCUT2D eigenvalue weighted by molar-refractivity contribution is 5.95. The van der Waals surface area contributed by atoms with E-state index in [9.17, 15) is 23.1 Å². The monoisotopic (exact) mass is 409 g/mol. The fraction of sp³-hybridized carbons (Fsp3) is 0.524. The van der Waals surface area contributed by atoms with Crippen LogP contribution in [0.2, 0.25) is 0 Å². The molecule has 0 bridgehead atoms. The van der Waals surface area contributed by atoms with Gasteiger partial charge in [0.2, 0.25) is 0 Å². The number of carbonyl (C=O) groups is 1. The maximum atomic E-state index is 13.0. The van der Waals surface area contributed by atoms with Crippen molar-refractivity contribution in [2.24, 2.45) is 5.92 Å². The minimum atomic E-state index is -4.44. The van der Waals surface area contributed by atoms with E-state index in [1.54, 1.807) is 31.7 Å². The van der Waals surface area contributed by atoms with Crippen molar-refractivity contribution in [1.29, 1.82) is 0 Å². The molecule has 8 heteroatoms. The van der Waals surface area contributed by atoms with Gasteiger partial charge in [0.1, 0.15) is 5.69 Å². The highest BCUT2D eigenvalue weighted by atomic mass is 19.4. The van der Waals surface area contributed by atoms with Gasteiger partial charge in [-0.2, -0.15) is 18.3 Å². The van der Waals surface area contributed by atoms with Crippen molar-refractivity contribution >= 4 is 5.91 Å². The number of carbonyl (C=O) groups excluding carboxylic acids is 1. The van der Waals surface area contributed by atoms with E-state index in [2.05, 4.69) is 10.2 Å². The van der Waals surface area contributed by atoms with Gasteiger partial charge in [-0.15, -0.1) is 0 Å². The van der Waals surface area contributed by atoms with Crippen LogP contribution < -0.4 is 0 Å². The molecule has 1 aliphatic rings. The molecule has 1 amide bonds. The van der Waals surface area contributed by atoms with Crippen LogP contribution in [0.1, 0.15) is 54.7 Å². The number of aliphatic hydroxyl groups is 1. The van der Waals surface area contributed by atoms with Crippen LogP contribution in [0.15, 0.2) is 24.3 Å². The van der Waals surface area contributed by atoms with Crippen molar-refractivity contribution < 1.29 is 23.1 Å². The van der Waals surface area contributed by atoms with E-state index in [0.717, 1.165) is 25.0 Å². The molecule has 1 aromatic carbocycles. The second-order valence-electron chi connectivity index (χ2n) is 8.40. The van der Waals surface area contributed by atoms with Gasteiger partial charge in [0.05, 0.1) is 16.9 Å². The molecule has 29 heavy (non-hydrogen) atoms. The Kier molecular flexibility index (Phi) is 5.76. The van der Waals surface area contributed by atoms with Gasteiger partial charge < -0.3 is 10.0 Å². The molecular weight excluding hydrogens is 383 g/mol. The first-order chi connectivity index (χ1) is 13.5. The van der Waals surface area contributed by atoms with E-state index in [1.165, 1.54) is 6.07 Å². The molecule has 0 unspecified atom stereocenters. The Hall–Kier alpha value is -2.35. The summed E-state index contributed by atoms with van der Waals surface area (Å²) in [6, 6.07) is 4.94. The second kappa shape index (κ2) is 7.82. The fourth-order valence-corrected chi connectivity index (χ4v) is 3.93. The van der Waals surface area contributed by atoms with Crippen molar-refractivity contribution in [2.45, 2.75) is 51.8 Å². The lowest BCUT2D eigenvalue weighted by molar-refractivity contribution is -0.137. The fourth-order valence-electron chi connectivity index (χ4n) is 3.93. The summed E-state index contributed by atoms with van der Waals surface area (Å²) in [4.78, 5) is 14.6. The van der Waals surface area contributed by atoms with E-state index in [1.807, 2.05) is 0 Å². The molecule has 0 spiro atoms. The van der Waals surface area contributed by atoms with Gasteiger partial charge in [-0.3, -0.25) is 9.89 Å². The number of amides is 1. The van der Waals surface area contributed by atoms with Crippen molar-refractivity contribution in [1.82, 2.24) is 15.1 Å². The quantitative estimate of drug-likeness (QED) is 0.786. The van der Waals surface area contributed by atoms with Crippen LogP contribution in [0.5, 0.6) is 0 Å².